The van der Waals surface area contributed by atoms with Crippen molar-refractivity contribution < 1.29 is 4.52 Å². The highest BCUT2D eigenvalue weighted by Gasteiger charge is 2.12. The third-order valence-corrected chi connectivity index (χ3v) is 2.43. The van der Waals surface area contributed by atoms with Crippen LogP contribution in [0.1, 0.15) is 5.89 Å². The molecule has 0 unspecified atom stereocenters. The summed E-state index contributed by atoms with van der Waals surface area (Å²) >= 11 is 0. The maximum Gasteiger partial charge on any atom is 0.323 e. The van der Waals surface area contributed by atoms with E-state index in [0.717, 1.165) is 0 Å². The van der Waals surface area contributed by atoms with Crippen molar-refractivity contribution >= 4 is 11.0 Å². The molecule has 3 rings (SSSR count). The van der Waals surface area contributed by atoms with Crippen LogP contribution in [0, 0.1) is 0 Å². The second-order valence-electron chi connectivity index (χ2n) is 3.52. The highest BCUT2D eigenvalue weighted by atomic mass is 16.5. The van der Waals surface area contributed by atoms with Gasteiger partial charge >= 0.3 is 5.69 Å². The van der Waals surface area contributed by atoms with Crippen LogP contribution in [0.25, 0.3) is 22.4 Å². The first-order chi connectivity index (χ1) is 8.28. The van der Waals surface area contributed by atoms with Gasteiger partial charge < -0.3 is 20.2 Å². The summed E-state index contributed by atoms with van der Waals surface area (Å²) in [4.78, 5) is 20.7. The average Bonchev–Trinajstić information content (AvgIpc) is 2.92. The van der Waals surface area contributed by atoms with Crippen LogP contribution in [0.2, 0.25) is 0 Å². The van der Waals surface area contributed by atoms with Gasteiger partial charge in [-0.3, -0.25) is 0 Å². The number of hydrogen-bond acceptors (Lipinski definition) is 5. The average molecular weight is 231 g/mol. The summed E-state index contributed by atoms with van der Waals surface area (Å²) in [6.07, 6.45) is 0. The van der Waals surface area contributed by atoms with Gasteiger partial charge in [-0.1, -0.05) is 11.2 Å². The minimum atomic E-state index is -0.269. The number of imidazole rings is 1. The van der Waals surface area contributed by atoms with E-state index in [1.165, 1.54) is 0 Å². The van der Waals surface area contributed by atoms with Crippen LogP contribution >= 0.6 is 0 Å². The molecule has 0 aliphatic carbocycles. The number of nitrogens with two attached hydrogens (primary N) is 1. The first-order valence-electron chi connectivity index (χ1n) is 5.02. The number of aromatic nitrogens is 4. The van der Waals surface area contributed by atoms with Gasteiger partial charge in [0, 0.05) is 5.56 Å². The molecule has 0 bridgehead atoms. The minimum absolute atomic E-state index is 0.187. The quantitative estimate of drug-likeness (QED) is 0.589. The number of H-pyrrole nitrogens is 2. The summed E-state index contributed by atoms with van der Waals surface area (Å²) in [7, 11) is 0. The molecule has 0 saturated heterocycles. The predicted octanol–water partition coefficient (Wildman–Crippen LogP) is 0.365. The van der Waals surface area contributed by atoms with E-state index in [-0.39, 0.29) is 12.2 Å². The molecule has 1 aromatic carbocycles. The van der Waals surface area contributed by atoms with Crippen LogP contribution in [0.3, 0.4) is 0 Å². The van der Waals surface area contributed by atoms with Crippen molar-refractivity contribution in [2.24, 2.45) is 5.73 Å². The lowest BCUT2D eigenvalue weighted by molar-refractivity contribution is 0.380. The highest BCUT2D eigenvalue weighted by Crippen LogP contribution is 2.22. The number of aromatic amines is 2. The Bertz CT molecular complexity index is 723. The number of hydrogen-bond donors (Lipinski definition) is 3. The van der Waals surface area contributed by atoms with Crippen molar-refractivity contribution in [3.8, 4) is 11.4 Å². The Labute approximate surface area is 94.7 Å². The zero-order valence-electron chi connectivity index (χ0n) is 8.73. The van der Waals surface area contributed by atoms with Crippen molar-refractivity contribution in [3.05, 3.63) is 34.6 Å². The molecule has 0 amide bonds. The summed E-state index contributed by atoms with van der Waals surface area (Å²) < 4.78 is 4.94. The van der Waals surface area contributed by atoms with Crippen LogP contribution in [0.15, 0.2) is 27.5 Å². The molecular weight excluding hydrogens is 222 g/mol. The van der Waals surface area contributed by atoms with Crippen LogP contribution in [0.4, 0.5) is 0 Å². The van der Waals surface area contributed by atoms with Crippen LogP contribution in [-0.2, 0) is 6.54 Å². The van der Waals surface area contributed by atoms with Gasteiger partial charge in [0.05, 0.1) is 17.6 Å². The number of rotatable bonds is 2. The van der Waals surface area contributed by atoms with E-state index in [1.807, 2.05) is 0 Å². The zero-order chi connectivity index (χ0) is 11.8. The van der Waals surface area contributed by atoms with Crippen LogP contribution in [0.5, 0.6) is 0 Å². The van der Waals surface area contributed by atoms with E-state index in [2.05, 4.69) is 20.1 Å². The van der Waals surface area contributed by atoms with E-state index in [0.29, 0.717) is 28.3 Å². The zero-order valence-corrected chi connectivity index (χ0v) is 8.73. The van der Waals surface area contributed by atoms with Gasteiger partial charge in [0.2, 0.25) is 11.7 Å². The highest BCUT2D eigenvalue weighted by molar-refractivity contribution is 5.89. The SMILES string of the molecule is NCc1nc(-c2cccc3[nH]c(=O)[nH]c23)no1. The third kappa shape index (κ3) is 1.53. The summed E-state index contributed by atoms with van der Waals surface area (Å²) in [5, 5.41) is 3.81. The lowest BCUT2D eigenvalue weighted by Gasteiger charge is -1.95. The standard InChI is InChI=1S/C10H9N5O2/c11-4-7-13-9(15-17-7)5-2-1-3-6-8(5)14-10(16)12-6/h1-3H,4,11H2,(H2,12,14,16). The molecule has 0 fully saturated rings. The molecule has 2 heterocycles. The molecular formula is C10H9N5O2. The van der Waals surface area contributed by atoms with Crippen LogP contribution < -0.4 is 11.4 Å². The van der Waals surface area contributed by atoms with E-state index in [4.69, 9.17) is 10.3 Å². The third-order valence-electron chi connectivity index (χ3n) is 2.43. The van der Waals surface area contributed by atoms with Crippen molar-refractivity contribution in [1.82, 2.24) is 20.1 Å². The van der Waals surface area contributed by atoms with E-state index in [1.54, 1.807) is 18.2 Å². The van der Waals surface area contributed by atoms with Crippen molar-refractivity contribution in [2.75, 3.05) is 0 Å². The van der Waals surface area contributed by atoms with Gasteiger partial charge in [-0.05, 0) is 12.1 Å². The fourth-order valence-electron chi connectivity index (χ4n) is 1.69. The van der Waals surface area contributed by atoms with E-state index < -0.39 is 0 Å². The summed E-state index contributed by atoms with van der Waals surface area (Å²) in [5.41, 5.74) is 7.18. The summed E-state index contributed by atoms with van der Waals surface area (Å²) in [6.45, 7) is 0.187. The summed E-state index contributed by atoms with van der Waals surface area (Å²) in [6, 6.07) is 5.40. The van der Waals surface area contributed by atoms with Crippen molar-refractivity contribution in [3.63, 3.8) is 0 Å². The predicted molar refractivity (Wildman–Crippen MR) is 60.1 cm³/mol. The number of fused-ring (bicyclic) bond motifs is 1. The number of para-hydroxylation sites is 1. The lowest BCUT2D eigenvalue weighted by atomic mass is 10.2. The van der Waals surface area contributed by atoms with Gasteiger partial charge in [-0.2, -0.15) is 4.98 Å². The topological polar surface area (TPSA) is 114 Å². The van der Waals surface area contributed by atoms with E-state index in [9.17, 15) is 4.79 Å². The Hall–Kier alpha value is -2.41. The Morgan fingerprint density at radius 1 is 1.35 bits per heavy atom. The van der Waals surface area contributed by atoms with Crippen molar-refractivity contribution in [2.45, 2.75) is 6.54 Å². The Balaban J connectivity index is 2.25. The molecule has 0 aliphatic heterocycles. The lowest BCUT2D eigenvalue weighted by Crippen LogP contribution is -1.99. The fraction of sp³-hybridized carbons (Fsp3) is 0.100. The largest absolute Gasteiger partial charge is 0.338 e. The molecule has 0 saturated carbocycles. The Morgan fingerprint density at radius 2 is 2.24 bits per heavy atom. The molecule has 0 radical (unpaired) electrons. The molecule has 3 aromatic rings. The first kappa shape index (κ1) is 9.79. The van der Waals surface area contributed by atoms with Gasteiger partial charge in [0.1, 0.15) is 0 Å². The maximum atomic E-state index is 11.2. The van der Waals surface area contributed by atoms with E-state index >= 15 is 0 Å². The maximum absolute atomic E-state index is 11.2. The molecule has 7 heteroatoms. The summed E-state index contributed by atoms with van der Waals surface area (Å²) in [5.74, 6) is 0.765. The molecule has 7 nitrogen and oxygen atoms in total. The fourth-order valence-corrected chi connectivity index (χ4v) is 1.69. The smallest absolute Gasteiger partial charge is 0.323 e. The van der Waals surface area contributed by atoms with Gasteiger partial charge in [-0.15, -0.1) is 0 Å². The van der Waals surface area contributed by atoms with Gasteiger partial charge in [0.25, 0.3) is 0 Å². The second-order valence-corrected chi connectivity index (χ2v) is 3.52. The molecule has 0 atom stereocenters. The first-order valence-corrected chi connectivity index (χ1v) is 5.02. The number of nitrogens with one attached hydrogen (secondary N) is 2. The van der Waals surface area contributed by atoms with Gasteiger partial charge in [-0.25, -0.2) is 4.79 Å². The molecule has 0 spiro atoms. The molecule has 86 valence electrons. The molecule has 17 heavy (non-hydrogen) atoms. The molecule has 0 aliphatic rings. The Kier molecular flexibility index (Phi) is 2.05. The van der Waals surface area contributed by atoms with Crippen LogP contribution in [-0.4, -0.2) is 20.1 Å². The van der Waals surface area contributed by atoms with Gasteiger partial charge in [0.15, 0.2) is 0 Å². The number of nitrogens with zero attached hydrogens (tertiary/aromatic N) is 2. The second kappa shape index (κ2) is 3.56. The monoisotopic (exact) mass is 231 g/mol. The number of benzene rings is 1. The minimum Gasteiger partial charge on any atom is -0.338 e. The molecule has 4 N–H and O–H groups in total. The Morgan fingerprint density at radius 3 is 3.00 bits per heavy atom. The molecule has 2 aromatic heterocycles. The van der Waals surface area contributed by atoms with Crippen molar-refractivity contribution in [1.29, 1.82) is 0 Å². The normalized spacial score (nSPS) is 11.1.